The molecule has 4 nitrogen and oxygen atoms in total. The minimum Gasteiger partial charge on any atom is -0.382 e. The summed E-state index contributed by atoms with van der Waals surface area (Å²) < 4.78 is 16.5. The fourth-order valence-corrected chi connectivity index (χ4v) is 2.18. The second-order valence-corrected chi connectivity index (χ2v) is 5.06. The van der Waals surface area contributed by atoms with Crippen LogP contribution >= 0.6 is 27.5 Å². The molecule has 0 amide bonds. The quantitative estimate of drug-likeness (QED) is 0.657. The van der Waals surface area contributed by atoms with Crippen LogP contribution in [0, 0.1) is 0 Å². The molecule has 0 atom stereocenters. The molecule has 1 rings (SSSR count). The van der Waals surface area contributed by atoms with Crippen molar-refractivity contribution in [3.05, 3.63) is 27.7 Å². The third-order valence-corrected chi connectivity index (χ3v) is 3.19. The van der Waals surface area contributed by atoms with E-state index in [2.05, 4.69) is 21.2 Å². The molecule has 0 bridgehead atoms. The maximum atomic E-state index is 5.87. The summed E-state index contributed by atoms with van der Waals surface area (Å²) in [5.74, 6) is 0. The van der Waals surface area contributed by atoms with Gasteiger partial charge >= 0.3 is 0 Å². The van der Waals surface area contributed by atoms with E-state index in [-0.39, 0.29) is 0 Å². The van der Waals surface area contributed by atoms with E-state index in [1.165, 1.54) is 0 Å². The first kappa shape index (κ1) is 16.7. The molecule has 0 fully saturated rings. The van der Waals surface area contributed by atoms with Crippen LogP contribution in [0.1, 0.15) is 0 Å². The van der Waals surface area contributed by atoms with E-state index < -0.39 is 0 Å². The highest BCUT2D eigenvalue weighted by atomic mass is 79.9. The number of methoxy groups -OCH3 is 1. The Hall–Kier alpha value is -0.330. The zero-order valence-electron chi connectivity index (χ0n) is 11.0. The van der Waals surface area contributed by atoms with Crippen LogP contribution < -0.4 is 5.32 Å². The summed E-state index contributed by atoms with van der Waals surface area (Å²) in [7, 11) is 1.65. The van der Waals surface area contributed by atoms with E-state index in [0.29, 0.717) is 38.1 Å². The molecule has 0 unspecified atom stereocenters. The fourth-order valence-electron chi connectivity index (χ4n) is 1.35. The lowest BCUT2D eigenvalue weighted by Gasteiger charge is -2.09. The summed E-state index contributed by atoms with van der Waals surface area (Å²) in [6.45, 7) is 3.77. The molecular formula is C13H19BrClNO3. The first-order valence-electron chi connectivity index (χ1n) is 6.07. The van der Waals surface area contributed by atoms with Crippen molar-refractivity contribution in [2.45, 2.75) is 0 Å². The lowest BCUT2D eigenvalue weighted by Crippen LogP contribution is -2.13. The third-order valence-electron chi connectivity index (χ3n) is 2.30. The van der Waals surface area contributed by atoms with Gasteiger partial charge in [0.25, 0.3) is 0 Å². The Morgan fingerprint density at radius 3 is 2.47 bits per heavy atom. The molecular weight excluding hydrogens is 334 g/mol. The van der Waals surface area contributed by atoms with Crippen molar-refractivity contribution in [2.75, 3.05) is 52.0 Å². The fraction of sp³-hybridized carbons (Fsp3) is 0.538. The molecule has 19 heavy (non-hydrogen) atoms. The van der Waals surface area contributed by atoms with Crippen molar-refractivity contribution in [3.8, 4) is 0 Å². The van der Waals surface area contributed by atoms with Crippen molar-refractivity contribution in [1.29, 1.82) is 0 Å². The predicted octanol–water partition coefficient (Wildman–Crippen LogP) is 3.19. The number of hydrogen-bond acceptors (Lipinski definition) is 4. The molecule has 0 radical (unpaired) electrons. The highest BCUT2D eigenvalue weighted by molar-refractivity contribution is 9.10. The Morgan fingerprint density at radius 1 is 1.11 bits per heavy atom. The van der Waals surface area contributed by atoms with E-state index in [1.54, 1.807) is 7.11 Å². The second-order valence-electron chi connectivity index (χ2n) is 3.77. The molecule has 0 aromatic heterocycles. The van der Waals surface area contributed by atoms with Crippen molar-refractivity contribution in [2.24, 2.45) is 0 Å². The van der Waals surface area contributed by atoms with Gasteiger partial charge in [0, 0.05) is 28.8 Å². The third kappa shape index (κ3) is 7.74. The van der Waals surface area contributed by atoms with Crippen molar-refractivity contribution in [1.82, 2.24) is 0 Å². The van der Waals surface area contributed by atoms with Crippen LogP contribution in [0.15, 0.2) is 22.7 Å². The van der Waals surface area contributed by atoms with Crippen LogP contribution in [0.4, 0.5) is 5.69 Å². The second kappa shape index (κ2) is 10.5. The van der Waals surface area contributed by atoms with Crippen LogP contribution in [0.5, 0.6) is 0 Å². The molecule has 0 saturated heterocycles. The Balaban J connectivity index is 2.01. The molecule has 1 N–H and O–H groups in total. The molecule has 108 valence electrons. The molecule has 6 heteroatoms. The van der Waals surface area contributed by atoms with Gasteiger partial charge in [-0.2, -0.15) is 0 Å². The number of ether oxygens (including phenoxy) is 3. The Labute approximate surface area is 127 Å². The molecule has 0 heterocycles. The normalized spacial score (nSPS) is 10.7. The number of anilines is 1. The number of halogens is 2. The minimum absolute atomic E-state index is 0.590. The molecule has 1 aromatic rings. The van der Waals surface area contributed by atoms with Gasteiger partial charge in [-0.15, -0.1) is 0 Å². The standard InChI is InChI=1S/C13H19BrClNO3/c1-17-6-7-19-9-8-18-5-4-16-13-3-2-11(15)10-12(13)14/h2-3,10,16H,4-9H2,1H3. The van der Waals surface area contributed by atoms with E-state index in [1.807, 2.05) is 18.2 Å². The number of hydrogen-bond donors (Lipinski definition) is 1. The Morgan fingerprint density at radius 2 is 1.79 bits per heavy atom. The van der Waals surface area contributed by atoms with Crippen LogP contribution in [-0.4, -0.2) is 46.7 Å². The van der Waals surface area contributed by atoms with Crippen molar-refractivity contribution in [3.63, 3.8) is 0 Å². The molecule has 0 aliphatic rings. The van der Waals surface area contributed by atoms with E-state index in [0.717, 1.165) is 16.7 Å². The molecule has 1 aromatic carbocycles. The first-order valence-corrected chi connectivity index (χ1v) is 7.24. The summed E-state index contributed by atoms with van der Waals surface area (Å²) in [6, 6.07) is 5.63. The predicted molar refractivity (Wildman–Crippen MR) is 81.2 cm³/mol. The zero-order chi connectivity index (χ0) is 13.9. The topological polar surface area (TPSA) is 39.7 Å². The maximum Gasteiger partial charge on any atom is 0.0701 e. The minimum atomic E-state index is 0.590. The zero-order valence-corrected chi connectivity index (χ0v) is 13.3. The molecule has 0 spiro atoms. The summed E-state index contributed by atoms with van der Waals surface area (Å²) in [4.78, 5) is 0. The average Bonchev–Trinajstić information content (AvgIpc) is 2.39. The van der Waals surface area contributed by atoms with Gasteiger partial charge in [-0.05, 0) is 34.1 Å². The average molecular weight is 353 g/mol. The van der Waals surface area contributed by atoms with Crippen molar-refractivity contribution >= 4 is 33.2 Å². The van der Waals surface area contributed by atoms with Gasteiger partial charge in [-0.3, -0.25) is 0 Å². The van der Waals surface area contributed by atoms with Crippen LogP contribution in [-0.2, 0) is 14.2 Å². The number of benzene rings is 1. The highest BCUT2D eigenvalue weighted by Crippen LogP contribution is 2.25. The van der Waals surface area contributed by atoms with E-state index in [9.17, 15) is 0 Å². The Bertz CT molecular complexity index is 366. The summed E-state index contributed by atoms with van der Waals surface area (Å²) in [5, 5.41) is 3.97. The van der Waals surface area contributed by atoms with Crippen LogP contribution in [0.3, 0.4) is 0 Å². The first-order chi connectivity index (χ1) is 9.24. The summed E-state index contributed by atoms with van der Waals surface area (Å²) in [6.07, 6.45) is 0. The van der Waals surface area contributed by atoms with Gasteiger partial charge in [0.2, 0.25) is 0 Å². The highest BCUT2D eigenvalue weighted by Gasteiger charge is 1.99. The SMILES string of the molecule is COCCOCCOCCNc1ccc(Cl)cc1Br. The van der Waals surface area contributed by atoms with Gasteiger partial charge in [0.1, 0.15) is 0 Å². The summed E-state index contributed by atoms with van der Waals surface area (Å²) >= 11 is 9.31. The number of rotatable bonds is 10. The molecule has 0 aliphatic carbocycles. The molecule has 0 aliphatic heterocycles. The largest absolute Gasteiger partial charge is 0.382 e. The molecule has 0 saturated carbocycles. The monoisotopic (exact) mass is 351 g/mol. The lowest BCUT2D eigenvalue weighted by atomic mass is 10.3. The van der Waals surface area contributed by atoms with Crippen LogP contribution in [0.2, 0.25) is 5.02 Å². The maximum absolute atomic E-state index is 5.87. The summed E-state index contributed by atoms with van der Waals surface area (Å²) in [5.41, 5.74) is 1.00. The lowest BCUT2D eigenvalue weighted by molar-refractivity contribution is 0.0272. The van der Waals surface area contributed by atoms with E-state index >= 15 is 0 Å². The van der Waals surface area contributed by atoms with Crippen molar-refractivity contribution < 1.29 is 14.2 Å². The van der Waals surface area contributed by atoms with Gasteiger partial charge in [-0.1, -0.05) is 11.6 Å². The van der Waals surface area contributed by atoms with Gasteiger partial charge in [0.15, 0.2) is 0 Å². The Kier molecular flexibility index (Phi) is 9.20. The number of nitrogens with one attached hydrogen (secondary N) is 1. The van der Waals surface area contributed by atoms with Gasteiger partial charge in [-0.25, -0.2) is 0 Å². The van der Waals surface area contributed by atoms with E-state index in [4.69, 9.17) is 25.8 Å². The van der Waals surface area contributed by atoms with Gasteiger partial charge in [0.05, 0.1) is 33.0 Å². The van der Waals surface area contributed by atoms with Gasteiger partial charge < -0.3 is 19.5 Å². The smallest absolute Gasteiger partial charge is 0.0701 e. The van der Waals surface area contributed by atoms with Crippen LogP contribution in [0.25, 0.3) is 0 Å².